The lowest BCUT2D eigenvalue weighted by Crippen LogP contribution is -2.50. The number of carbonyl (C=O) groups is 1. The van der Waals surface area contributed by atoms with Crippen molar-refractivity contribution in [1.82, 2.24) is 29.7 Å². The lowest BCUT2D eigenvalue weighted by atomic mass is 9.92. The number of aromatic nitrogens is 4. The number of aliphatic carboxylic acids is 1. The number of piperazine rings is 1. The van der Waals surface area contributed by atoms with Crippen molar-refractivity contribution in [3.05, 3.63) is 124 Å². The van der Waals surface area contributed by atoms with Gasteiger partial charge in [-0.15, -0.1) is 11.3 Å². The summed E-state index contributed by atoms with van der Waals surface area (Å²) in [5, 5.41) is 21.4. The lowest BCUT2D eigenvalue weighted by Gasteiger charge is -2.36. The second kappa shape index (κ2) is 20.6. The average Bonchev–Trinajstić information content (AvgIpc) is 3.74. The Labute approximate surface area is 405 Å². The van der Waals surface area contributed by atoms with Gasteiger partial charge in [0.15, 0.2) is 11.6 Å². The Morgan fingerprint density at radius 3 is 2.40 bits per heavy atom. The summed E-state index contributed by atoms with van der Waals surface area (Å²) >= 11 is 16.0. The van der Waals surface area contributed by atoms with E-state index in [2.05, 4.69) is 24.8 Å². The molecule has 18 heteroatoms. The predicted octanol–water partition coefficient (Wildman–Crippen LogP) is 8.96. The number of para-hydroxylation sites is 1. The summed E-state index contributed by atoms with van der Waals surface area (Å²) in [6.07, 6.45) is 0.717. The van der Waals surface area contributed by atoms with E-state index >= 15 is 0 Å². The van der Waals surface area contributed by atoms with Gasteiger partial charge in [0, 0.05) is 67.9 Å². The van der Waals surface area contributed by atoms with Gasteiger partial charge in [0.2, 0.25) is 12.0 Å². The number of thiophene rings is 1. The minimum absolute atomic E-state index is 0.0107. The summed E-state index contributed by atoms with van der Waals surface area (Å²) in [6.45, 7) is 7.98. The molecule has 0 spiro atoms. The molecule has 1 saturated heterocycles. The molecule has 2 atom stereocenters. The number of fused-ring (bicyclic) bond motifs is 7. The van der Waals surface area contributed by atoms with E-state index < -0.39 is 24.0 Å². The van der Waals surface area contributed by atoms with E-state index in [4.69, 9.17) is 51.9 Å². The molecule has 3 aliphatic rings. The highest BCUT2D eigenvalue weighted by Crippen LogP contribution is 2.53. The van der Waals surface area contributed by atoms with Crippen molar-refractivity contribution in [2.24, 2.45) is 0 Å². The number of aliphatic hydroxyl groups excluding tert-OH is 1. The van der Waals surface area contributed by atoms with Gasteiger partial charge in [-0.3, -0.25) is 9.80 Å². The maximum absolute atomic E-state index is 14.4. The van der Waals surface area contributed by atoms with E-state index in [9.17, 15) is 19.4 Å². The summed E-state index contributed by atoms with van der Waals surface area (Å²) in [6, 6.07) is 20.5. The van der Waals surface area contributed by atoms with Crippen LogP contribution in [0.1, 0.15) is 22.4 Å². The Morgan fingerprint density at radius 1 is 0.912 bits per heavy atom. The number of nitrogens with zero attached hydrogens (tertiary/aromatic N) is 6. The smallest absolute Gasteiger partial charge is 0.345 e. The molecular weight excluding hydrogens is 935 g/mol. The summed E-state index contributed by atoms with van der Waals surface area (Å²) < 4.78 is 46.2. The second-order valence-electron chi connectivity index (χ2n) is 16.4. The number of aliphatic hydroxyl groups is 1. The number of β-amino-alcohol motifs (C(OH)–C–C–N with tert-alkyl or cyclic N) is 1. The van der Waals surface area contributed by atoms with Crippen molar-refractivity contribution in [2.45, 2.75) is 39.1 Å². The van der Waals surface area contributed by atoms with Crippen molar-refractivity contribution >= 4 is 50.7 Å². The van der Waals surface area contributed by atoms with Crippen LogP contribution < -0.4 is 23.7 Å². The van der Waals surface area contributed by atoms with Crippen LogP contribution in [0, 0.1) is 19.7 Å². The first-order valence-electron chi connectivity index (χ1n) is 22.0. The van der Waals surface area contributed by atoms with Crippen LogP contribution in [-0.2, 0) is 17.8 Å². The Morgan fingerprint density at radius 2 is 1.66 bits per heavy atom. The largest absolute Gasteiger partial charge is 0.496 e. The lowest BCUT2D eigenvalue weighted by molar-refractivity contribution is -0.145. The van der Waals surface area contributed by atoms with Gasteiger partial charge < -0.3 is 33.9 Å². The van der Waals surface area contributed by atoms with Crippen molar-refractivity contribution < 1.29 is 43.1 Å². The molecule has 4 aromatic carbocycles. The van der Waals surface area contributed by atoms with Crippen LogP contribution in [0.15, 0.2) is 85.3 Å². The maximum Gasteiger partial charge on any atom is 0.345 e. The Balaban J connectivity index is 1.15. The first-order chi connectivity index (χ1) is 33.0. The van der Waals surface area contributed by atoms with Crippen LogP contribution in [0.3, 0.4) is 0 Å². The highest BCUT2D eigenvalue weighted by atomic mass is 35.5. The molecule has 2 N–H and O–H groups in total. The zero-order valence-electron chi connectivity index (χ0n) is 37.4. The zero-order valence-corrected chi connectivity index (χ0v) is 39.7. The fraction of sp³-hybridized carbons (Fsp3) is 0.300. The van der Waals surface area contributed by atoms with Gasteiger partial charge in [0.05, 0.1) is 40.4 Å². The highest BCUT2D eigenvalue weighted by molar-refractivity contribution is 7.22. The SMILES string of the molecule is COc1ccccc1-c1nccc(COc2ccc3cc2C[C@H](C(=O)O)Oc2ncnc4sc(-c5ccc(F)cc5)c(c24)-c2c(C)c(Cl)c(c(Cl)c2C)O[C@H](CN2CCN(CCO)CC2)CO3)n1. The van der Waals surface area contributed by atoms with Gasteiger partial charge in [-0.2, -0.15) is 0 Å². The predicted molar refractivity (Wildman–Crippen MR) is 258 cm³/mol. The fourth-order valence-corrected chi connectivity index (χ4v) is 10.3. The molecule has 3 aliphatic heterocycles. The van der Waals surface area contributed by atoms with Crippen LogP contribution in [0.2, 0.25) is 10.0 Å². The Bertz CT molecular complexity index is 2940. The minimum Gasteiger partial charge on any atom is -0.496 e. The molecule has 14 nitrogen and oxygen atoms in total. The van der Waals surface area contributed by atoms with Crippen LogP contribution in [0.5, 0.6) is 28.9 Å². The van der Waals surface area contributed by atoms with Crippen LogP contribution in [0.4, 0.5) is 4.39 Å². The summed E-state index contributed by atoms with van der Waals surface area (Å²) in [5.41, 5.74) is 4.93. The highest BCUT2D eigenvalue weighted by Gasteiger charge is 2.32. The van der Waals surface area contributed by atoms with Gasteiger partial charge in [-0.25, -0.2) is 29.1 Å². The van der Waals surface area contributed by atoms with Crippen LogP contribution in [0.25, 0.3) is 43.2 Å². The monoisotopic (exact) mass is 980 g/mol. The number of methoxy groups -OCH3 is 1. The van der Waals surface area contributed by atoms with Gasteiger partial charge in [0.25, 0.3) is 0 Å². The third kappa shape index (κ3) is 9.88. The molecule has 7 aromatic rings. The molecule has 0 saturated carbocycles. The number of halogens is 3. The van der Waals surface area contributed by atoms with Gasteiger partial charge in [-0.1, -0.05) is 47.5 Å². The molecule has 10 rings (SSSR count). The number of rotatable bonds is 11. The third-order valence-corrected chi connectivity index (χ3v) is 14.1. The topological polar surface area (TPSA) is 162 Å². The van der Waals surface area contributed by atoms with Gasteiger partial charge in [-0.05, 0) is 84.6 Å². The molecule has 0 radical (unpaired) electrons. The van der Waals surface area contributed by atoms with E-state index in [1.54, 1.807) is 49.7 Å². The summed E-state index contributed by atoms with van der Waals surface area (Å²) in [7, 11) is 1.59. The fourth-order valence-electron chi connectivity index (χ4n) is 8.61. The van der Waals surface area contributed by atoms with Crippen LogP contribution in [-0.4, -0.2) is 118 Å². The number of carboxylic acids is 1. The van der Waals surface area contributed by atoms with E-state index in [0.717, 1.165) is 26.2 Å². The van der Waals surface area contributed by atoms with Crippen molar-refractivity contribution in [2.75, 3.05) is 59.6 Å². The number of benzene rings is 4. The van der Waals surface area contributed by atoms with E-state index in [0.29, 0.717) is 95.9 Å². The van der Waals surface area contributed by atoms with Gasteiger partial charge >= 0.3 is 5.97 Å². The standard InChI is InChI=1S/C50H47Cl2FN6O8S/c1-28-40-29(2)44(52)45(43(28)51)66-35(24-59-18-16-58(17-19-59)20-21-60)26-64-34-12-13-37(65-25-33-14-15-54-47(57-33)36-6-4-5-7-38(36)63-3)31(22-34)23-39(50(61)62)67-48-42-41(40)46(68-49(42)56-27-55-48)30-8-10-32(53)11-9-30/h4-15,22,27,35,39,60H,16-21,23-26H2,1-3H3,(H,61,62)/t35-,39-/m1/s1. The molecule has 0 amide bonds. The molecule has 0 aliphatic carbocycles. The molecule has 3 aromatic heterocycles. The van der Waals surface area contributed by atoms with E-state index in [1.165, 1.54) is 29.8 Å². The molecule has 6 heterocycles. The van der Waals surface area contributed by atoms with E-state index in [-0.39, 0.29) is 47.9 Å². The number of hydrogen-bond acceptors (Lipinski definition) is 14. The molecule has 0 unspecified atom stereocenters. The third-order valence-electron chi connectivity index (χ3n) is 12.1. The maximum atomic E-state index is 14.4. The average molecular weight is 982 g/mol. The quantitative estimate of drug-likeness (QED) is 0.126. The Hall–Kier alpha value is -6.14. The molecule has 4 bridgehead atoms. The summed E-state index contributed by atoms with van der Waals surface area (Å²) in [4.78, 5) is 37.4. The number of carboxylic acid groups (broad SMARTS) is 1. The van der Waals surface area contributed by atoms with Gasteiger partial charge in [0.1, 0.15) is 53.5 Å². The minimum atomic E-state index is -1.49. The molecule has 352 valence electrons. The molecular formula is C50H47Cl2FN6O8S. The summed E-state index contributed by atoms with van der Waals surface area (Å²) in [5.74, 6) is 0.509. The zero-order chi connectivity index (χ0) is 47.5. The van der Waals surface area contributed by atoms with Crippen molar-refractivity contribution in [1.29, 1.82) is 0 Å². The number of ether oxygens (including phenoxy) is 5. The van der Waals surface area contributed by atoms with Crippen molar-refractivity contribution in [3.63, 3.8) is 0 Å². The van der Waals surface area contributed by atoms with Crippen LogP contribution >= 0.6 is 34.5 Å². The number of hydrogen-bond donors (Lipinski definition) is 2. The second-order valence-corrected chi connectivity index (χ2v) is 18.2. The molecule has 68 heavy (non-hydrogen) atoms. The normalized spacial score (nSPS) is 16.7. The van der Waals surface area contributed by atoms with E-state index in [1.807, 2.05) is 38.1 Å². The Kier molecular flexibility index (Phi) is 14.2. The first kappa shape index (κ1) is 46.9. The van der Waals surface area contributed by atoms with Crippen molar-refractivity contribution in [3.8, 4) is 61.8 Å². The molecule has 1 fully saturated rings. The first-order valence-corrected chi connectivity index (χ1v) is 23.5.